The molecular weight excluding hydrogens is 220 g/mol. The second-order valence-electron chi connectivity index (χ2n) is 3.38. The summed E-state index contributed by atoms with van der Waals surface area (Å²) in [6.07, 6.45) is 1.92. The van der Waals surface area contributed by atoms with Crippen molar-refractivity contribution in [2.75, 3.05) is 13.2 Å². The van der Waals surface area contributed by atoms with E-state index in [1.54, 1.807) is 12.1 Å². The number of thiophene rings is 1. The third-order valence-electron chi connectivity index (χ3n) is 2.35. The highest BCUT2D eigenvalue weighted by atomic mass is 35.5. The maximum atomic E-state index is 11.9. The molecular formula is C10H11ClO2S. The summed E-state index contributed by atoms with van der Waals surface area (Å²) in [6.45, 7) is 1.35. The zero-order valence-electron chi connectivity index (χ0n) is 7.66. The van der Waals surface area contributed by atoms with Crippen molar-refractivity contribution in [3.8, 4) is 0 Å². The molecule has 0 saturated carbocycles. The van der Waals surface area contributed by atoms with Crippen LogP contribution in [0.4, 0.5) is 0 Å². The normalized spacial score (nSPS) is 22.2. The molecule has 0 amide bonds. The number of carbonyl (C=O) groups is 1. The second-order valence-corrected chi connectivity index (χ2v) is 5.10. The standard InChI is InChI=1S/C10H11ClO2S/c11-9-4-3-8(14-9)10(12)7-2-1-5-13-6-7/h3-4,7H,1-2,5-6H2. The average molecular weight is 231 g/mol. The molecule has 0 spiro atoms. The first-order valence-corrected chi connectivity index (χ1v) is 5.84. The van der Waals surface area contributed by atoms with Gasteiger partial charge in [-0.15, -0.1) is 11.3 Å². The molecule has 1 fully saturated rings. The molecule has 1 atom stereocenters. The van der Waals surface area contributed by atoms with Gasteiger partial charge in [0.1, 0.15) is 0 Å². The summed E-state index contributed by atoms with van der Waals surface area (Å²) >= 11 is 7.13. The fourth-order valence-corrected chi connectivity index (χ4v) is 2.66. The van der Waals surface area contributed by atoms with E-state index in [9.17, 15) is 4.79 Å². The van der Waals surface area contributed by atoms with Crippen LogP contribution >= 0.6 is 22.9 Å². The van der Waals surface area contributed by atoms with E-state index in [0.717, 1.165) is 24.3 Å². The van der Waals surface area contributed by atoms with Crippen LogP contribution in [0.15, 0.2) is 12.1 Å². The lowest BCUT2D eigenvalue weighted by atomic mass is 9.97. The van der Waals surface area contributed by atoms with Gasteiger partial charge >= 0.3 is 0 Å². The Labute approximate surface area is 91.8 Å². The first-order chi connectivity index (χ1) is 6.77. The van der Waals surface area contributed by atoms with E-state index in [4.69, 9.17) is 16.3 Å². The minimum atomic E-state index is 0.0402. The van der Waals surface area contributed by atoms with Gasteiger partial charge in [0.15, 0.2) is 5.78 Å². The molecule has 2 rings (SSSR count). The third kappa shape index (κ3) is 2.16. The number of rotatable bonds is 2. The summed E-state index contributed by atoms with van der Waals surface area (Å²) in [7, 11) is 0. The maximum absolute atomic E-state index is 11.9. The van der Waals surface area contributed by atoms with Crippen LogP contribution in [0.2, 0.25) is 4.34 Å². The second kappa shape index (κ2) is 4.43. The molecule has 0 bridgehead atoms. The molecule has 0 aromatic carbocycles. The number of ketones is 1. The largest absolute Gasteiger partial charge is 0.381 e. The zero-order chi connectivity index (χ0) is 9.97. The van der Waals surface area contributed by atoms with Crippen LogP contribution < -0.4 is 0 Å². The molecule has 0 aliphatic carbocycles. The molecule has 1 saturated heterocycles. The monoisotopic (exact) mass is 230 g/mol. The Morgan fingerprint density at radius 3 is 3.00 bits per heavy atom. The summed E-state index contributed by atoms with van der Waals surface area (Å²) in [5, 5.41) is 0. The number of hydrogen-bond acceptors (Lipinski definition) is 3. The van der Waals surface area contributed by atoms with Gasteiger partial charge in [-0.1, -0.05) is 11.6 Å². The van der Waals surface area contributed by atoms with Crippen LogP contribution in [-0.4, -0.2) is 19.0 Å². The molecule has 2 nitrogen and oxygen atoms in total. The molecule has 76 valence electrons. The zero-order valence-corrected chi connectivity index (χ0v) is 9.24. The number of carbonyl (C=O) groups excluding carboxylic acids is 1. The van der Waals surface area contributed by atoms with Crippen molar-refractivity contribution in [3.05, 3.63) is 21.3 Å². The molecule has 1 aliphatic heterocycles. The summed E-state index contributed by atoms with van der Waals surface area (Å²) in [5.41, 5.74) is 0. The van der Waals surface area contributed by atoms with Crippen LogP contribution in [-0.2, 0) is 4.74 Å². The number of halogens is 1. The Kier molecular flexibility index (Phi) is 3.21. The van der Waals surface area contributed by atoms with E-state index in [0.29, 0.717) is 10.9 Å². The van der Waals surface area contributed by atoms with Gasteiger partial charge in [-0.25, -0.2) is 0 Å². The Bertz CT molecular complexity index is 329. The predicted molar refractivity (Wildman–Crippen MR) is 57.2 cm³/mol. The van der Waals surface area contributed by atoms with Gasteiger partial charge in [0.2, 0.25) is 0 Å². The number of hydrogen-bond donors (Lipinski definition) is 0. The van der Waals surface area contributed by atoms with Crippen molar-refractivity contribution in [3.63, 3.8) is 0 Å². The van der Waals surface area contributed by atoms with Crippen molar-refractivity contribution in [2.45, 2.75) is 12.8 Å². The van der Waals surface area contributed by atoms with Crippen molar-refractivity contribution in [1.29, 1.82) is 0 Å². The fourth-order valence-electron chi connectivity index (χ4n) is 1.60. The molecule has 0 radical (unpaired) electrons. The molecule has 1 aliphatic rings. The molecule has 2 heterocycles. The van der Waals surface area contributed by atoms with Gasteiger partial charge in [0, 0.05) is 12.5 Å². The van der Waals surface area contributed by atoms with Crippen LogP contribution in [0.3, 0.4) is 0 Å². The summed E-state index contributed by atoms with van der Waals surface area (Å²) in [6, 6.07) is 3.56. The number of ether oxygens (including phenoxy) is 1. The van der Waals surface area contributed by atoms with Crippen molar-refractivity contribution in [1.82, 2.24) is 0 Å². The highest BCUT2D eigenvalue weighted by Gasteiger charge is 2.23. The summed E-state index contributed by atoms with van der Waals surface area (Å²) < 4.78 is 5.95. The van der Waals surface area contributed by atoms with E-state index >= 15 is 0 Å². The van der Waals surface area contributed by atoms with Gasteiger partial charge in [0.05, 0.1) is 15.8 Å². The fraction of sp³-hybridized carbons (Fsp3) is 0.500. The Morgan fingerprint density at radius 2 is 2.43 bits per heavy atom. The maximum Gasteiger partial charge on any atom is 0.178 e. The minimum Gasteiger partial charge on any atom is -0.381 e. The average Bonchev–Trinajstić information content (AvgIpc) is 2.65. The molecule has 1 aromatic rings. The van der Waals surface area contributed by atoms with Crippen LogP contribution in [0.5, 0.6) is 0 Å². The van der Waals surface area contributed by atoms with E-state index in [1.165, 1.54) is 11.3 Å². The summed E-state index contributed by atoms with van der Waals surface area (Å²) in [4.78, 5) is 12.6. The Balaban J connectivity index is 2.07. The smallest absolute Gasteiger partial charge is 0.178 e. The molecule has 4 heteroatoms. The van der Waals surface area contributed by atoms with Crippen molar-refractivity contribution >= 4 is 28.7 Å². The first kappa shape index (κ1) is 10.1. The van der Waals surface area contributed by atoms with E-state index in [2.05, 4.69) is 0 Å². The molecule has 1 unspecified atom stereocenters. The Morgan fingerprint density at radius 1 is 1.57 bits per heavy atom. The van der Waals surface area contributed by atoms with Gasteiger partial charge in [-0.05, 0) is 25.0 Å². The Hall–Kier alpha value is -0.380. The quantitative estimate of drug-likeness (QED) is 0.731. The van der Waals surface area contributed by atoms with E-state index < -0.39 is 0 Å². The lowest BCUT2D eigenvalue weighted by Crippen LogP contribution is -2.24. The first-order valence-electron chi connectivity index (χ1n) is 4.64. The molecule has 1 aromatic heterocycles. The summed E-state index contributed by atoms with van der Waals surface area (Å²) in [5.74, 6) is 0.222. The molecule has 14 heavy (non-hydrogen) atoms. The van der Waals surface area contributed by atoms with E-state index in [1.807, 2.05) is 0 Å². The van der Waals surface area contributed by atoms with Gasteiger partial charge < -0.3 is 4.74 Å². The van der Waals surface area contributed by atoms with Gasteiger partial charge in [0.25, 0.3) is 0 Å². The highest BCUT2D eigenvalue weighted by Crippen LogP contribution is 2.26. The highest BCUT2D eigenvalue weighted by molar-refractivity contribution is 7.18. The lowest BCUT2D eigenvalue weighted by molar-refractivity contribution is 0.0464. The van der Waals surface area contributed by atoms with Gasteiger partial charge in [-0.3, -0.25) is 4.79 Å². The molecule has 0 N–H and O–H groups in total. The van der Waals surface area contributed by atoms with E-state index in [-0.39, 0.29) is 11.7 Å². The lowest BCUT2D eigenvalue weighted by Gasteiger charge is -2.19. The van der Waals surface area contributed by atoms with Crippen molar-refractivity contribution in [2.24, 2.45) is 5.92 Å². The SMILES string of the molecule is O=C(c1ccc(Cl)s1)C1CCCOC1. The van der Waals surface area contributed by atoms with Crippen LogP contribution in [0.25, 0.3) is 0 Å². The van der Waals surface area contributed by atoms with Crippen LogP contribution in [0, 0.1) is 5.92 Å². The topological polar surface area (TPSA) is 26.3 Å². The third-order valence-corrected chi connectivity index (χ3v) is 3.59. The predicted octanol–water partition coefficient (Wildman–Crippen LogP) is 3.01. The number of Topliss-reactive ketones (excluding diaryl/α,β-unsaturated/α-hetero) is 1. The van der Waals surface area contributed by atoms with Gasteiger partial charge in [-0.2, -0.15) is 0 Å². The van der Waals surface area contributed by atoms with Crippen LogP contribution in [0.1, 0.15) is 22.5 Å². The minimum absolute atomic E-state index is 0.0402. The van der Waals surface area contributed by atoms with Crippen molar-refractivity contribution < 1.29 is 9.53 Å².